The number of nitrogens with one attached hydrogen (secondary N) is 2. The number of rotatable bonds is 5. The Bertz CT molecular complexity index is 932. The highest BCUT2D eigenvalue weighted by molar-refractivity contribution is 6.04. The van der Waals surface area contributed by atoms with Gasteiger partial charge in [-0.2, -0.15) is 5.10 Å². The van der Waals surface area contributed by atoms with Crippen LogP contribution in [0, 0.1) is 6.92 Å². The fourth-order valence-corrected chi connectivity index (χ4v) is 2.58. The second kappa shape index (κ2) is 7.65. The Labute approximate surface area is 151 Å². The molecule has 0 fully saturated rings. The first-order valence-corrected chi connectivity index (χ1v) is 8.27. The maximum atomic E-state index is 12.4. The quantitative estimate of drug-likeness (QED) is 0.744. The minimum Gasteiger partial charge on any atom is -0.321 e. The summed E-state index contributed by atoms with van der Waals surface area (Å²) in [5.74, 6) is -0.0140. The molecule has 132 valence electrons. The molecule has 0 saturated heterocycles. The van der Waals surface area contributed by atoms with Crippen molar-refractivity contribution in [2.45, 2.75) is 13.3 Å². The van der Waals surface area contributed by atoms with Gasteiger partial charge in [0.2, 0.25) is 5.91 Å². The first-order valence-electron chi connectivity index (χ1n) is 8.27. The number of hydrogen-bond acceptors (Lipinski definition) is 3. The van der Waals surface area contributed by atoms with Gasteiger partial charge in [-0.25, -0.2) is 0 Å². The van der Waals surface area contributed by atoms with Crippen molar-refractivity contribution in [1.82, 2.24) is 9.78 Å². The van der Waals surface area contributed by atoms with Crippen molar-refractivity contribution in [1.29, 1.82) is 0 Å². The van der Waals surface area contributed by atoms with E-state index in [0.717, 1.165) is 11.1 Å². The highest BCUT2D eigenvalue weighted by Crippen LogP contribution is 2.14. The van der Waals surface area contributed by atoms with Gasteiger partial charge in [-0.1, -0.05) is 42.5 Å². The lowest BCUT2D eigenvalue weighted by Crippen LogP contribution is -2.16. The second-order valence-electron chi connectivity index (χ2n) is 6.07. The maximum Gasteiger partial charge on any atom is 0.276 e. The van der Waals surface area contributed by atoms with Crippen LogP contribution in [-0.4, -0.2) is 21.6 Å². The molecule has 0 aliphatic carbocycles. The van der Waals surface area contributed by atoms with Gasteiger partial charge < -0.3 is 10.6 Å². The summed E-state index contributed by atoms with van der Waals surface area (Å²) in [6, 6.07) is 18.6. The summed E-state index contributed by atoms with van der Waals surface area (Å²) < 4.78 is 1.48. The number of anilines is 2. The zero-order valence-corrected chi connectivity index (χ0v) is 14.7. The lowest BCUT2D eigenvalue weighted by molar-refractivity contribution is -0.115. The molecule has 0 radical (unpaired) electrons. The van der Waals surface area contributed by atoms with Gasteiger partial charge >= 0.3 is 0 Å². The average molecular weight is 348 g/mol. The zero-order chi connectivity index (χ0) is 18.5. The van der Waals surface area contributed by atoms with Crippen LogP contribution in [0.3, 0.4) is 0 Å². The second-order valence-corrected chi connectivity index (χ2v) is 6.07. The summed E-state index contributed by atoms with van der Waals surface area (Å²) in [5, 5.41) is 9.77. The number of hydrogen-bond donors (Lipinski definition) is 2. The average Bonchev–Trinajstić information content (AvgIpc) is 2.96. The third-order valence-corrected chi connectivity index (χ3v) is 3.86. The normalized spacial score (nSPS) is 10.4. The van der Waals surface area contributed by atoms with Crippen LogP contribution in [-0.2, 0) is 18.3 Å². The van der Waals surface area contributed by atoms with Crippen LogP contribution >= 0.6 is 0 Å². The molecular weight excluding hydrogens is 328 g/mol. The predicted octanol–water partition coefficient (Wildman–Crippen LogP) is 3.16. The summed E-state index contributed by atoms with van der Waals surface area (Å²) >= 11 is 0. The summed E-state index contributed by atoms with van der Waals surface area (Å²) in [7, 11) is 1.68. The van der Waals surface area contributed by atoms with Crippen LogP contribution < -0.4 is 10.6 Å². The van der Waals surface area contributed by atoms with E-state index in [2.05, 4.69) is 15.7 Å². The van der Waals surface area contributed by atoms with Crippen LogP contribution in [0.1, 0.15) is 21.6 Å². The molecule has 2 N–H and O–H groups in total. The lowest BCUT2D eigenvalue weighted by Gasteiger charge is -2.04. The monoisotopic (exact) mass is 348 g/mol. The molecule has 0 bridgehead atoms. The molecule has 3 aromatic rings. The Morgan fingerprint density at radius 3 is 2.50 bits per heavy atom. The zero-order valence-electron chi connectivity index (χ0n) is 14.7. The Morgan fingerprint density at radius 1 is 1.00 bits per heavy atom. The molecule has 6 heteroatoms. The number of amides is 2. The van der Waals surface area contributed by atoms with E-state index >= 15 is 0 Å². The molecule has 0 aliphatic rings. The van der Waals surface area contributed by atoms with E-state index in [1.807, 2.05) is 61.5 Å². The summed E-state index contributed by atoms with van der Waals surface area (Å²) in [6.07, 6.45) is 0.261. The molecule has 2 aromatic carbocycles. The number of aromatic nitrogens is 2. The summed E-state index contributed by atoms with van der Waals surface area (Å²) in [6.45, 7) is 1.96. The van der Waals surface area contributed by atoms with Crippen molar-refractivity contribution < 1.29 is 9.59 Å². The van der Waals surface area contributed by atoms with Gasteiger partial charge in [-0.05, 0) is 30.2 Å². The lowest BCUT2D eigenvalue weighted by atomic mass is 10.1. The maximum absolute atomic E-state index is 12.4. The van der Waals surface area contributed by atoms with Gasteiger partial charge in [0.05, 0.1) is 6.42 Å². The largest absolute Gasteiger partial charge is 0.321 e. The van der Waals surface area contributed by atoms with E-state index in [4.69, 9.17) is 0 Å². The molecule has 1 heterocycles. The molecule has 0 atom stereocenters. The molecule has 3 rings (SSSR count). The van der Waals surface area contributed by atoms with Crippen molar-refractivity contribution >= 4 is 23.3 Å². The number of carbonyl (C=O) groups is 2. The van der Waals surface area contributed by atoms with E-state index in [9.17, 15) is 9.59 Å². The van der Waals surface area contributed by atoms with Crippen molar-refractivity contribution in [3.63, 3.8) is 0 Å². The van der Waals surface area contributed by atoms with E-state index < -0.39 is 0 Å². The summed E-state index contributed by atoms with van der Waals surface area (Å²) in [4.78, 5) is 24.6. The Kier molecular flexibility index (Phi) is 5.12. The molecule has 0 unspecified atom stereocenters. The number of benzene rings is 2. The van der Waals surface area contributed by atoms with Crippen molar-refractivity contribution in [3.05, 3.63) is 77.5 Å². The minimum atomic E-state index is -0.324. The number of carbonyl (C=O) groups excluding carboxylic acids is 2. The summed E-state index contributed by atoms with van der Waals surface area (Å²) in [5.41, 5.74) is 2.92. The molecular formula is C20H20N4O2. The Morgan fingerprint density at radius 2 is 1.77 bits per heavy atom. The third-order valence-electron chi connectivity index (χ3n) is 3.86. The van der Waals surface area contributed by atoms with Crippen LogP contribution in [0.5, 0.6) is 0 Å². The van der Waals surface area contributed by atoms with Crippen LogP contribution in [0.15, 0.2) is 60.7 Å². The van der Waals surface area contributed by atoms with Gasteiger partial charge in [-0.3, -0.25) is 14.3 Å². The van der Waals surface area contributed by atoms with Gasteiger partial charge in [0.25, 0.3) is 5.91 Å². The third kappa shape index (κ3) is 4.36. The van der Waals surface area contributed by atoms with E-state index in [-0.39, 0.29) is 23.9 Å². The minimum absolute atomic E-state index is 0.162. The molecule has 0 saturated carbocycles. The molecule has 0 aliphatic heterocycles. The van der Waals surface area contributed by atoms with Crippen molar-refractivity contribution in [3.8, 4) is 0 Å². The number of nitrogens with zero attached hydrogens (tertiary/aromatic N) is 2. The molecule has 2 amide bonds. The molecule has 26 heavy (non-hydrogen) atoms. The van der Waals surface area contributed by atoms with Gasteiger partial charge in [0, 0.05) is 18.8 Å². The van der Waals surface area contributed by atoms with Crippen molar-refractivity contribution in [2.75, 3.05) is 10.6 Å². The standard InChI is InChI=1S/C20H20N4O2/c1-14-7-6-10-16(11-14)21-20(26)17-13-18(24(2)23-17)22-19(25)12-15-8-4-3-5-9-15/h3-11,13H,12H2,1-2H3,(H,21,26)(H,22,25). The molecule has 6 nitrogen and oxygen atoms in total. The van der Waals surface area contributed by atoms with Crippen molar-refractivity contribution in [2.24, 2.45) is 7.05 Å². The van der Waals surface area contributed by atoms with Crippen LogP contribution in [0.4, 0.5) is 11.5 Å². The topological polar surface area (TPSA) is 76.0 Å². The first-order chi connectivity index (χ1) is 12.5. The first kappa shape index (κ1) is 17.4. The Balaban J connectivity index is 1.66. The molecule has 0 spiro atoms. The SMILES string of the molecule is Cc1cccc(NC(=O)c2cc(NC(=O)Cc3ccccc3)n(C)n2)c1. The highest BCUT2D eigenvalue weighted by Gasteiger charge is 2.15. The van der Waals surface area contributed by atoms with E-state index in [1.54, 1.807) is 13.1 Å². The molecule has 1 aromatic heterocycles. The fraction of sp³-hybridized carbons (Fsp3) is 0.150. The van der Waals surface area contributed by atoms with E-state index in [1.165, 1.54) is 4.68 Å². The van der Waals surface area contributed by atoms with Crippen LogP contribution in [0.2, 0.25) is 0 Å². The predicted molar refractivity (Wildman–Crippen MR) is 101 cm³/mol. The Hall–Kier alpha value is -3.41. The van der Waals surface area contributed by atoms with Gasteiger partial charge in [0.15, 0.2) is 5.69 Å². The highest BCUT2D eigenvalue weighted by atomic mass is 16.2. The fourth-order valence-electron chi connectivity index (χ4n) is 2.58. The smallest absolute Gasteiger partial charge is 0.276 e. The van der Waals surface area contributed by atoms with Crippen LogP contribution in [0.25, 0.3) is 0 Å². The van der Waals surface area contributed by atoms with Gasteiger partial charge in [0.1, 0.15) is 5.82 Å². The number of aryl methyl sites for hydroxylation is 2. The van der Waals surface area contributed by atoms with Gasteiger partial charge in [-0.15, -0.1) is 0 Å². The van der Waals surface area contributed by atoms with E-state index in [0.29, 0.717) is 11.5 Å².